The minimum atomic E-state index is 0.179. The van der Waals surface area contributed by atoms with Gasteiger partial charge >= 0.3 is 0 Å². The molecule has 0 spiro atoms. The highest BCUT2D eigenvalue weighted by Crippen LogP contribution is 2.23. The zero-order chi connectivity index (χ0) is 8.55. The second kappa shape index (κ2) is 2.44. The number of benzene rings is 1. The van der Waals surface area contributed by atoms with Gasteiger partial charge in [-0.15, -0.1) is 0 Å². The number of nitrogens with one attached hydrogen (secondary N) is 1. The highest BCUT2D eigenvalue weighted by molar-refractivity contribution is 5.82. The third kappa shape index (κ3) is 0.993. The van der Waals surface area contributed by atoms with Crippen molar-refractivity contribution in [3.8, 4) is 11.6 Å². The van der Waals surface area contributed by atoms with Gasteiger partial charge in [-0.2, -0.15) is 0 Å². The fraction of sp³-hybridized carbons (Fsp3) is 0.111. The number of H-pyrrole nitrogens is 1. The quantitative estimate of drug-likeness (QED) is 0.674. The fourth-order valence-electron chi connectivity index (χ4n) is 1.22. The van der Waals surface area contributed by atoms with Gasteiger partial charge in [0.15, 0.2) is 5.88 Å². The van der Waals surface area contributed by atoms with E-state index in [9.17, 15) is 0 Å². The second-order valence-corrected chi connectivity index (χ2v) is 2.61. The van der Waals surface area contributed by atoms with Crippen LogP contribution < -0.4 is 4.74 Å². The molecule has 62 valence electrons. The third-order valence-electron chi connectivity index (χ3n) is 1.82. The van der Waals surface area contributed by atoms with Crippen LogP contribution in [-0.2, 0) is 0 Å². The number of hydrogen-bond donors (Lipinski definition) is 2. The van der Waals surface area contributed by atoms with Crippen LogP contribution in [0.25, 0.3) is 10.9 Å². The number of hydrogen-bond acceptors (Lipinski definition) is 2. The minimum Gasteiger partial charge on any atom is -0.497 e. The predicted octanol–water partition coefficient (Wildman–Crippen LogP) is 1.88. The summed E-state index contributed by atoms with van der Waals surface area (Å²) < 4.78 is 5.03. The average molecular weight is 163 g/mol. The molecular formula is C9H9NO2. The molecule has 3 heteroatoms. The van der Waals surface area contributed by atoms with E-state index < -0.39 is 0 Å². The summed E-state index contributed by atoms with van der Waals surface area (Å²) in [7, 11) is 1.62. The summed E-state index contributed by atoms with van der Waals surface area (Å²) in [4.78, 5) is 2.81. The van der Waals surface area contributed by atoms with Crippen molar-refractivity contribution in [2.24, 2.45) is 0 Å². The molecular weight excluding hydrogens is 154 g/mol. The van der Waals surface area contributed by atoms with Crippen molar-refractivity contribution in [3.63, 3.8) is 0 Å². The molecule has 1 aromatic carbocycles. The summed E-state index contributed by atoms with van der Waals surface area (Å²) in [6.45, 7) is 0. The molecule has 0 atom stereocenters. The van der Waals surface area contributed by atoms with Crippen LogP contribution in [0, 0.1) is 0 Å². The Kier molecular flexibility index (Phi) is 1.43. The maximum absolute atomic E-state index is 9.12. The van der Waals surface area contributed by atoms with E-state index in [1.807, 2.05) is 18.2 Å². The largest absolute Gasteiger partial charge is 0.497 e. The molecule has 2 aromatic rings. The van der Waals surface area contributed by atoms with Gasteiger partial charge < -0.3 is 14.8 Å². The van der Waals surface area contributed by atoms with Crippen LogP contribution in [0.4, 0.5) is 0 Å². The van der Waals surface area contributed by atoms with E-state index in [1.54, 1.807) is 13.2 Å². The Morgan fingerprint density at radius 3 is 2.92 bits per heavy atom. The lowest BCUT2D eigenvalue weighted by Gasteiger charge is -1.97. The number of rotatable bonds is 1. The Morgan fingerprint density at radius 1 is 1.33 bits per heavy atom. The first-order chi connectivity index (χ1) is 5.79. The van der Waals surface area contributed by atoms with Gasteiger partial charge in [0, 0.05) is 17.5 Å². The standard InChI is InChI=1S/C9H9NO2/c1-12-7-3-2-6-4-9(11)10-8(6)5-7/h2-5,10-11H,1H3. The lowest BCUT2D eigenvalue weighted by Crippen LogP contribution is -1.80. The summed E-state index contributed by atoms with van der Waals surface area (Å²) in [6.07, 6.45) is 0. The molecule has 1 heterocycles. The van der Waals surface area contributed by atoms with E-state index in [1.165, 1.54) is 0 Å². The number of methoxy groups -OCH3 is 1. The van der Waals surface area contributed by atoms with Gasteiger partial charge in [0.25, 0.3) is 0 Å². The molecule has 0 bridgehead atoms. The summed E-state index contributed by atoms with van der Waals surface area (Å²) in [5.74, 6) is 0.961. The Hall–Kier alpha value is -1.64. The van der Waals surface area contributed by atoms with Crippen LogP contribution in [-0.4, -0.2) is 17.2 Å². The summed E-state index contributed by atoms with van der Waals surface area (Å²) >= 11 is 0. The smallest absolute Gasteiger partial charge is 0.189 e. The van der Waals surface area contributed by atoms with E-state index in [0.29, 0.717) is 0 Å². The molecule has 0 unspecified atom stereocenters. The monoisotopic (exact) mass is 163 g/mol. The fourth-order valence-corrected chi connectivity index (χ4v) is 1.22. The molecule has 1 aromatic heterocycles. The van der Waals surface area contributed by atoms with E-state index in [4.69, 9.17) is 9.84 Å². The Bertz CT molecular complexity index is 406. The normalized spacial score (nSPS) is 10.4. The van der Waals surface area contributed by atoms with E-state index in [2.05, 4.69) is 4.98 Å². The molecule has 0 aliphatic rings. The Morgan fingerprint density at radius 2 is 2.17 bits per heavy atom. The van der Waals surface area contributed by atoms with Crippen molar-refractivity contribution in [2.75, 3.05) is 7.11 Å². The predicted molar refractivity (Wildman–Crippen MR) is 46.5 cm³/mol. The molecule has 0 aliphatic carbocycles. The van der Waals surface area contributed by atoms with Crippen LogP contribution in [0.2, 0.25) is 0 Å². The maximum Gasteiger partial charge on any atom is 0.189 e. The summed E-state index contributed by atoms with van der Waals surface area (Å²) in [6, 6.07) is 7.27. The molecule has 3 nitrogen and oxygen atoms in total. The molecule has 12 heavy (non-hydrogen) atoms. The van der Waals surface area contributed by atoms with Gasteiger partial charge in [-0.05, 0) is 12.1 Å². The molecule has 0 fully saturated rings. The minimum absolute atomic E-state index is 0.179. The molecule has 0 saturated heterocycles. The zero-order valence-electron chi connectivity index (χ0n) is 6.66. The number of ether oxygens (including phenoxy) is 1. The Labute approximate surface area is 69.6 Å². The SMILES string of the molecule is COc1ccc2cc(O)[nH]c2c1. The van der Waals surface area contributed by atoms with Crippen molar-refractivity contribution in [3.05, 3.63) is 24.3 Å². The first-order valence-corrected chi connectivity index (χ1v) is 3.65. The average Bonchev–Trinajstić information content (AvgIpc) is 2.43. The number of aromatic amines is 1. The van der Waals surface area contributed by atoms with Crippen molar-refractivity contribution in [2.45, 2.75) is 0 Å². The van der Waals surface area contributed by atoms with Gasteiger partial charge in [0.1, 0.15) is 5.75 Å². The summed E-state index contributed by atoms with van der Waals surface area (Å²) in [5, 5.41) is 10.1. The first kappa shape index (κ1) is 7.03. The first-order valence-electron chi connectivity index (χ1n) is 3.65. The molecule has 2 N–H and O–H groups in total. The van der Waals surface area contributed by atoms with Crippen LogP contribution in [0.1, 0.15) is 0 Å². The van der Waals surface area contributed by atoms with Crippen LogP contribution in [0.15, 0.2) is 24.3 Å². The van der Waals surface area contributed by atoms with Crippen LogP contribution >= 0.6 is 0 Å². The molecule has 2 rings (SSSR count). The third-order valence-corrected chi connectivity index (χ3v) is 1.82. The lowest BCUT2D eigenvalue weighted by atomic mass is 10.2. The van der Waals surface area contributed by atoms with Gasteiger partial charge in [-0.3, -0.25) is 0 Å². The van der Waals surface area contributed by atoms with Gasteiger partial charge in [0.2, 0.25) is 0 Å². The van der Waals surface area contributed by atoms with Crippen LogP contribution in [0.5, 0.6) is 11.6 Å². The van der Waals surface area contributed by atoms with Gasteiger partial charge in [0.05, 0.1) is 12.6 Å². The highest BCUT2D eigenvalue weighted by Gasteiger charge is 1.99. The molecule has 0 saturated carbocycles. The zero-order valence-corrected chi connectivity index (χ0v) is 6.66. The van der Waals surface area contributed by atoms with Crippen molar-refractivity contribution in [1.82, 2.24) is 4.98 Å². The number of aromatic nitrogens is 1. The molecule has 0 aliphatic heterocycles. The number of fused-ring (bicyclic) bond motifs is 1. The molecule has 0 amide bonds. The van der Waals surface area contributed by atoms with Crippen molar-refractivity contribution >= 4 is 10.9 Å². The van der Waals surface area contributed by atoms with Crippen molar-refractivity contribution in [1.29, 1.82) is 0 Å². The van der Waals surface area contributed by atoms with Gasteiger partial charge in [-0.1, -0.05) is 0 Å². The highest BCUT2D eigenvalue weighted by atomic mass is 16.5. The number of aromatic hydroxyl groups is 1. The van der Waals surface area contributed by atoms with Crippen molar-refractivity contribution < 1.29 is 9.84 Å². The van der Waals surface area contributed by atoms with E-state index in [0.717, 1.165) is 16.7 Å². The van der Waals surface area contributed by atoms with Gasteiger partial charge in [-0.25, -0.2) is 0 Å². The maximum atomic E-state index is 9.12. The topological polar surface area (TPSA) is 45.2 Å². The molecule has 0 radical (unpaired) electrons. The second-order valence-electron chi connectivity index (χ2n) is 2.61. The Balaban J connectivity index is 2.66. The van der Waals surface area contributed by atoms with E-state index in [-0.39, 0.29) is 5.88 Å². The van der Waals surface area contributed by atoms with E-state index >= 15 is 0 Å². The van der Waals surface area contributed by atoms with Crippen LogP contribution in [0.3, 0.4) is 0 Å². The summed E-state index contributed by atoms with van der Waals surface area (Å²) in [5.41, 5.74) is 0.881. The lowest BCUT2D eigenvalue weighted by molar-refractivity contribution is 0.415.